The summed E-state index contributed by atoms with van der Waals surface area (Å²) in [6, 6.07) is 7.45. The lowest BCUT2D eigenvalue weighted by Crippen LogP contribution is -2.63. The van der Waals surface area contributed by atoms with Crippen LogP contribution in [0.5, 0.6) is 17.2 Å². The van der Waals surface area contributed by atoms with Crippen LogP contribution in [0.3, 0.4) is 0 Å². The standard InChI is InChI=1S/C57H75ClN6O17S2/c1-33-13-11-14-44(76-10)57(74)31-43(79-54(72)59-57)34(2)30-56(6,73)45(29-50(69)63(8)40-26-36(25-33)27-42(75-9)52(40)58)80-53(71)35(3)62(7)47(66)21-24-82-83-55(4,5)32-46(65)61-60-39-20-23-78-41-28-37(16-17-38(39)41)77-22-12-15-51(70)81-64-48(67)18-19-49(64)68/h11,13-14,16-17,26-28,34-35,43-45,73-74H,12,15,18-25,29-32H2,1-10H3,(H,59,72)(H,61,65)/b14-11+,33-13+,60-39+/t34-,35-,43-,44+,45-,56?,57-/m0/s1. The van der Waals surface area contributed by atoms with E-state index in [1.165, 1.54) is 73.6 Å². The maximum absolute atomic E-state index is 14.3. The number of imide groups is 1. The average molecular weight is 1220 g/mol. The van der Waals surface area contributed by atoms with E-state index in [1.54, 1.807) is 49.4 Å². The second-order valence-electron chi connectivity index (χ2n) is 21.8. The van der Waals surface area contributed by atoms with Crippen molar-refractivity contribution in [3.63, 3.8) is 0 Å². The fourth-order valence-corrected chi connectivity index (χ4v) is 12.4. The highest BCUT2D eigenvalue weighted by molar-refractivity contribution is 8.77. The molecule has 1 unspecified atom stereocenters. The number of hydrazone groups is 1. The number of aliphatic hydroxyl groups is 2. The number of nitrogens with one attached hydrogen (secondary N) is 2. The Hall–Kier alpha value is -6.38. The minimum absolute atomic E-state index is 0.00950. The van der Waals surface area contributed by atoms with E-state index in [-0.39, 0.29) is 68.9 Å². The fraction of sp³-hybridized carbons (Fsp3) is 0.561. The van der Waals surface area contributed by atoms with E-state index in [0.717, 1.165) is 11.1 Å². The number of hydrogen-bond acceptors (Lipinski definition) is 20. The molecule has 7 atom stereocenters. The van der Waals surface area contributed by atoms with Crippen LogP contribution in [0, 0.1) is 5.92 Å². The Morgan fingerprint density at radius 2 is 1.76 bits per heavy atom. The summed E-state index contributed by atoms with van der Waals surface area (Å²) in [6.45, 7) is 10.7. The number of carbonyl (C=O) groups excluding carboxylic acids is 8. The fourth-order valence-electron chi connectivity index (χ4n) is 9.62. The topological polar surface area (TPSA) is 288 Å². The average Bonchev–Trinajstić information content (AvgIpc) is 3.81. The normalized spacial score (nSPS) is 25.2. The van der Waals surface area contributed by atoms with E-state index in [4.69, 9.17) is 44.9 Å². The summed E-state index contributed by atoms with van der Waals surface area (Å²) >= 11 is 6.80. The van der Waals surface area contributed by atoms with Crippen LogP contribution in [0.25, 0.3) is 0 Å². The van der Waals surface area contributed by atoms with E-state index in [9.17, 15) is 48.6 Å². The minimum Gasteiger partial charge on any atom is -0.495 e. The molecule has 0 radical (unpaired) electrons. The number of allylic oxidation sites excluding steroid dienone is 3. The first-order chi connectivity index (χ1) is 39.1. The number of likely N-dealkylation sites (N-methyl/N-ethyl adjacent to an activating group) is 1. The molecule has 0 aromatic heterocycles. The number of carbonyl (C=O) groups is 8. The van der Waals surface area contributed by atoms with E-state index < -0.39 is 94.4 Å². The number of fused-ring (bicyclic) bond motifs is 5. The van der Waals surface area contributed by atoms with Crippen LogP contribution in [-0.4, -0.2) is 161 Å². The Bertz CT molecular complexity index is 2850. The number of esters is 1. The number of alkyl carbamates (subject to hydrolysis) is 1. The van der Waals surface area contributed by atoms with Crippen molar-refractivity contribution in [3.05, 3.63) is 70.3 Å². The maximum Gasteiger partial charge on any atom is 0.409 e. The van der Waals surface area contributed by atoms with Gasteiger partial charge in [0.2, 0.25) is 17.7 Å². The summed E-state index contributed by atoms with van der Waals surface area (Å²) in [5, 5.41) is 31.7. The Morgan fingerprint density at radius 3 is 2.46 bits per heavy atom. The minimum atomic E-state index is -1.96. The first-order valence-electron chi connectivity index (χ1n) is 27.2. The molecule has 0 spiro atoms. The van der Waals surface area contributed by atoms with Gasteiger partial charge in [0.15, 0.2) is 5.72 Å². The van der Waals surface area contributed by atoms with E-state index >= 15 is 0 Å². The third-order valence-electron chi connectivity index (χ3n) is 14.4. The van der Waals surface area contributed by atoms with Gasteiger partial charge in [0.05, 0.1) is 50.2 Å². The highest BCUT2D eigenvalue weighted by Crippen LogP contribution is 2.40. The molecular formula is C57H75ClN6O17S2. The molecule has 4 aliphatic heterocycles. The van der Waals surface area contributed by atoms with Crippen LogP contribution in [-0.2, 0) is 59.0 Å². The van der Waals surface area contributed by atoms with Crippen LogP contribution in [0.4, 0.5) is 10.5 Å². The number of amides is 6. The third kappa shape index (κ3) is 17.8. The van der Waals surface area contributed by atoms with Gasteiger partial charge in [-0.1, -0.05) is 63.9 Å². The predicted octanol–water partition coefficient (Wildman–Crippen LogP) is 6.51. The number of methoxy groups -OCH3 is 2. The highest BCUT2D eigenvalue weighted by Gasteiger charge is 2.49. The van der Waals surface area contributed by atoms with Crippen molar-refractivity contribution in [2.45, 2.75) is 153 Å². The zero-order valence-electron chi connectivity index (χ0n) is 48.4. The van der Waals surface area contributed by atoms with E-state index in [1.807, 2.05) is 26.8 Å². The van der Waals surface area contributed by atoms with Gasteiger partial charge in [-0.15, -0.1) is 5.06 Å². The molecule has 23 nitrogen and oxygen atoms in total. The zero-order valence-corrected chi connectivity index (χ0v) is 50.8. The van der Waals surface area contributed by atoms with Gasteiger partial charge in [-0.2, -0.15) is 5.10 Å². The van der Waals surface area contributed by atoms with Crippen molar-refractivity contribution < 1.29 is 81.8 Å². The smallest absolute Gasteiger partial charge is 0.409 e. The molecule has 4 aliphatic rings. The lowest BCUT2D eigenvalue weighted by atomic mass is 9.81. The number of anilines is 1. The summed E-state index contributed by atoms with van der Waals surface area (Å²) in [5.41, 5.74) is 1.95. The predicted molar refractivity (Wildman–Crippen MR) is 309 cm³/mol. The lowest BCUT2D eigenvalue weighted by molar-refractivity contribution is -0.197. The van der Waals surface area contributed by atoms with Crippen LogP contribution in [0.2, 0.25) is 5.02 Å². The number of halogens is 1. The van der Waals surface area contributed by atoms with E-state index in [0.29, 0.717) is 64.5 Å². The zero-order chi connectivity index (χ0) is 61.0. The molecule has 6 amide bonds. The molecule has 4 bridgehead atoms. The maximum atomic E-state index is 14.3. The van der Waals surface area contributed by atoms with Crippen molar-refractivity contribution in [2.24, 2.45) is 11.0 Å². The van der Waals surface area contributed by atoms with Crippen LogP contribution >= 0.6 is 33.2 Å². The van der Waals surface area contributed by atoms with Crippen LogP contribution in [0.15, 0.2) is 59.2 Å². The molecule has 2 aromatic carbocycles. The lowest BCUT2D eigenvalue weighted by Gasteiger charge is -2.43. The van der Waals surface area contributed by atoms with Crippen molar-refractivity contribution in [1.82, 2.24) is 20.7 Å². The van der Waals surface area contributed by atoms with Crippen molar-refractivity contribution in [3.8, 4) is 17.2 Å². The monoisotopic (exact) mass is 1210 g/mol. The summed E-state index contributed by atoms with van der Waals surface area (Å²) in [4.78, 5) is 111. The van der Waals surface area contributed by atoms with Gasteiger partial charge < -0.3 is 53.3 Å². The van der Waals surface area contributed by atoms with Gasteiger partial charge >= 0.3 is 18.0 Å². The molecule has 2 fully saturated rings. The van der Waals surface area contributed by atoms with Gasteiger partial charge in [0.25, 0.3) is 11.8 Å². The molecule has 26 heteroatoms. The van der Waals surface area contributed by atoms with Crippen LogP contribution < -0.4 is 29.9 Å². The first kappa shape index (κ1) is 65.8. The van der Waals surface area contributed by atoms with Gasteiger partial charge in [-0.25, -0.2) is 19.8 Å². The number of ether oxygens (including phenoxy) is 6. The molecule has 0 saturated carbocycles. The number of rotatable bonds is 19. The molecule has 4 N–H and O–H groups in total. The molecule has 6 rings (SSSR count). The van der Waals surface area contributed by atoms with Crippen molar-refractivity contribution in [2.75, 3.05) is 52.2 Å². The second-order valence-corrected chi connectivity index (χ2v) is 25.3. The highest BCUT2D eigenvalue weighted by atomic mass is 35.5. The Morgan fingerprint density at radius 1 is 1.04 bits per heavy atom. The summed E-state index contributed by atoms with van der Waals surface area (Å²) in [7, 11) is 8.57. The Labute approximate surface area is 495 Å². The number of benzene rings is 2. The summed E-state index contributed by atoms with van der Waals surface area (Å²) in [5.74, 6) is -3.13. The van der Waals surface area contributed by atoms with Gasteiger partial charge in [-0.3, -0.25) is 29.3 Å². The molecule has 83 heavy (non-hydrogen) atoms. The van der Waals surface area contributed by atoms with Gasteiger partial charge in [-0.05, 0) is 89.6 Å². The molecular weight excluding hydrogens is 1140 g/mol. The Kier molecular flexibility index (Phi) is 22.9. The van der Waals surface area contributed by atoms with Gasteiger partial charge in [0, 0.05) is 81.9 Å². The second kappa shape index (κ2) is 28.9. The number of nitrogens with zero attached hydrogens (tertiary/aromatic N) is 4. The molecule has 2 saturated heterocycles. The van der Waals surface area contributed by atoms with Gasteiger partial charge in [0.1, 0.15) is 46.6 Å². The summed E-state index contributed by atoms with van der Waals surface area (Å²) < 4.78 is 33.9. The molecule has 0 aliphatic carbocycles. The summed E-state index contributed by atoms with van der Waals surface area (Å²) in [6.07, 6.45) is 0.961. The molecule has 454 valence electrons. The Balaban J connectivity index is 1.03. The van der Waals surface area contributed by atoms with Crippen molar-refractivity contribution >= 4 is 92.2 Å². The van der Waals surface area contributed by atoms with Crippen LogP contribution in [0.1, 0.15) is 117 Å². The number of hydroxylamine groups is 2. The van der Waals surface area contributed by atoms with Crippen molar-refractivity contribution in [1.29, 1.82) is 0 Å². The number of hydrogen-bond donors (Lipinski definition) is 4. The quantitative estimate of drug-likeness (QED) is 0.0383. The van der Waals surface area contributed by atoms with E-state index in [2.05, 4.69) is 15.8 Å². The molecule has 4 heterocycles. The third-order valence-corrected chi connectivity index (χ3v) is 18.1. The molecule has 2 aromatic rings. The first-order valence-corrected chi connectivity index (χ1v) is 29.9. The largest absolute Gasteiger partial charge is 0.495 e. The SMILES string of the molecule is COc1cc2cc(c1Cl)N(C)C(=O)C[C@H](OC(=O)[C@H](C)N(C)C(=O)CCSSC(C)(C)CC(=O)N/N=C1\CCOc3cc(OCCCC(=O)ON4C(=O)CCC4=O)ccc31)C(C)(O)C[C@H](C)[C@@H]1C[C@@](O)(NC(=O)O1)[C@H](OC)/C=C/C=C(\C)C2.